The van der Waals surface area contributed by atoms with Crippen molar-refractivity contribution in [1.82, 2.24) is 15.0 Å². The summed E-state index contributed by atoms with van der Waals surface area (Å²) in [6, 6.07) is 70.1. The normalized spacial score (nSPS) is 11.7. The van der Waals surface area contributed by atoms with E-state index in [9.17, 15) is 0 Å². The number of benzene rings is 8. The molecule has 0 atom stereocenters. The standard InChI is InChI=1S/C55H33N3OS/c1-3-13-34(14-4-1)35-25-27-36(28-26-35)38-29-30-43-47(32-38)56-52(53-51(43)45-20-7-9-23-49(45)59-53)39-17-11-18-40(31-39)55-57-46(37-15-5-2-6-16-37)33-48(58-55)44-22-12-21-42-41-19-8-10-24-50(41)60-54(42)44/h1-33H. The monoisotopic (exact) mass is 783 g/mol. The maximum Gasteiger partial charge on any atom is 0.162 e. The van der Waals surface area contributed by atoms with Crippen LogP contribution in [0.1, 0.15) is 0 Å². The van der Waals surface area contributed by atoms with E-state index in [4.69, 9.17) is 19.4 Å². The molecule has 5 heteroatoms. The minimum atomic E-state index is 0.647. The molecule has 0 spiro atoms. The number of rotatable bonds is 6. The lowest BCUT2D eigenvalue weighted by Crippen LogP contribution is -1.96. The van der Waals surface area contributed by atoms with Gasteiger partial charge in [0.2, 0.25) is 0 Å². The molecule has 0 amide bonds. The Morgan fingerprint density at radius 2 is 1.00 bits per heavy atom. The van der Waals surface area contributed by atoms with Gasteiger partial charge in [0, 0.05) is 58.6 Å². The zero-order valence-electron chi connectivity index (χ0n) is 32.2. The first kappa shape index (κ1) is 34.3. The van der Waals surface area contributed by atoms with E-state index in [1.54, 1.807) is 0 Å². The second-order valence-corrected chi connectivity index (χ2v) is 16.2. The summed E-state index contributed by atoms with van der Waals surface area (Å²) in [6.45, 7) is 0. The number of furan rings is 1. The zero-order chi connectivity index (χ0) is 39.6. The molecular weight excluding hydrogens is 751 g/mol. The molecule has 12 aromatic rings. The number of hydrogen-bond donors (Lipinski definition) is 0. The topological polar surface area (TPSA) is 51.8 Å². The van der Waals surface area contributed by atoms with Gasteiger partial charge in [0.05, 0.1) is 16.9 Å². The highest BCUT2D eigenvalue weighted by atomic mass is 32.1. The Hall–Kier alpha value is -7.73. The van der Waals surface area contributed by atoms with Gasteiger partial charge >= 0.3 is 0 Å². The Morgan fingerprint density at radius 3 is 1.83 bits per heavy atom. The summed E-state index contributed by atoms with van der Waals surface area (Å²) in [5.74, 6) is 0.647. The van der Waals surface area contributed by atoms with Crippen molar-refractivity contribution in [3.63, 3.8) is 0 Å². The summed E-state index contributed by atoms with van der Waals surface area (Å²) < 4.78 is 9.17. The minimum absolute atomic E-state index is 0.647. The largest absolute Gasteiger partial charge is 0.454 e. The van der Waals surface area contributed by atoms with E-state index in [1.807, 2.05) is 35.6 Å². The Bertz CT molecular complexity index is 3590. The first-order valence-electron chi connectivity index (χ1n) is 20.1. The van der Waals surface area contributed by atoms with Gasteiger partial charge in [0.25, 0.3) is 0 Å². The molecule has 0 aliphatic carbocycles. The average molecular weight is 784 g/mol. The second kappa shape index (κ2) is 14.0. The van der Waals surface area contributed by atoms with Crippen LogP contribution in [0.2, 0.25) is 0 Å². The van der Waals surface area contributed by atoms with Crippen LogP contribution in [0.15, 0.2) is 205 Å². The Balaban J connectivity index is 1.02. The SMILES string of the molecule is c1ccc(-c2ccc(-c3ccc4c(c3)nc(-c3cccc(-c5nc(-c6ccccc6)cc(-c6cccc7c6sc6ccccc67)n5)c3)c3oc5ccccc5c34)cc2)cc1. The number of para-hydroxylation sites is 1. The highest BCUT2D eigenvalue weighted by Crippen LogP contribution is 2.43. The van der Waals surface area contributed by atoms with E-state index in [2.05, 4.69) is 176 Å². The van der Waals surface area contributed by atoms with E-state index in [0.717, 1.165) is 83.3 Å². The molecule has 0 bridgehead atoms. The van der Waals surface area contributed by atoms with Gasteiger partial charge in [0.15, 0.2) is 11.4 Å². The maximum atomic E-state index is 6.69. The molecule has 0 N–H and O–H groups in total. The lowest BCUT2D eigenvalue weighted by Gasteiger charge is -2.12. The Morgan fingerprint density at radius 1 is 0.383 bits per heavy atom. The summed E-state index contributed by atoms with van der Waals surface area (Å²) in [6.07, 6.45) is 0. The van der Waals surface area contributed by atoms with Gasteiger partial charge in [-0.25, -0.2) is 15.0 Å². The quantitative estimate of drug-likeness (QED) is 0.169. The fraction of sp³-hybridized carbons (Fsp3) is 0. The van der Waals surface area contributed by atoms with Crippen molar-refractivity contribution < 1.29 is 4.42 Å². The van der Waals surface area contributed by atoms with Crippen molar-refractivity contribution in [2.24, 2.45) is 0 Å². The molecule has 4 nitrogen and oxygen atoms in total. The number of fused-ring (bicyclic) bond motifs is 8. The Labute approximate surface area is 349 Å². The summed E-state index contributed by atoms with van der Waals surface area (Å²) in [4.78, 5) is 16.0. The smallest absolute Gasteiger partial charge is 0.162 e. The van der Waals surface area contributed by atoms with Gasteiger partial charge in [-0.1, -0.05) is 170 Å². The van der Waals surface area contributed by atoms with Gasteiger partial charge in [0.1, 0.15) is 11.3 Å². The molecule has 0 saturated carbocycles. The first-order valence-corrected chi connectivity index (χ1v) is 20.9. The predicted octanol–water partition coefficient (Wildman–Crippen LogP) is 15.3. The number of pyridine rings is 1. The van der Waals surface area contributed by atoms with Crippen molar-refractivity contribution in [2.45, 2.75) is 0 Å². The lowest BCUT2D eigenvalue weighted by molar-refractivity contribution is 0.669. The average Bonchev–Trinajstić information content (AvgIpc) is 3.91. The van der Waals surface area contributed by atoms with Crippen LogP contribution in [0.4, 0.5) is 0 Å². The van der Waals surface area contributed by atoms with Crippen molar-refractivity contribution in [1.29, 1.82) is 0 Å². The third-order valence-corrected chi connectivity index (χ3v) is 12.7. The summed E-state index contributed by atoms with van der Waals surface area (Å²) >= 11 is 1.81. The molecule has 0 unspecified atom stereocenters. The van der Waals surface area contributed by atoms with E-state index >= 15 is 0 Å². The molecule has 0 radical (unpaired) electrons. The molecule has 0 saturated heterocycles. The first-order chi connectivity index (χ1) is 29.7. The lowest BCUT2D eigenvalue weighted by atomic mass is 9.97. The van der Waals surface area contributed by atoms with Gasteiger partial charge in [-0.05, 0) is 52.6 Å². The second-order valence-electron chi connectivity index (χ2n) is 15.1. The van der Waals surface area contributed by atoms with Crippen LogP contribution >= 0.6 is 11.3 Å². The van der Waals surface area contributed by atoms with Crippen molar-refractivity contribution in [3.05, 3.63) is 200 Å². The predicted molar refractivity (Wildman–Crippen MR) is 250 cm³/mol. The van der Waals surface area contributed by atoms with Crippen LogP contribution in [-0.2, 0) is 0 Å². The number of aromatic nitrogens is 3. The fourth-order valence-electron chi connectivity index (χ4n) is 8.57. The molecule has 0 aliphatic rings. The molecule has 0 fully saturated rings. The molecular formula is C55H33N3OS. The number of nitrogens with zero attached hydrogens (tertiary/aromatic N) is 3. The van der Waals surface area contributed by atoms with Crippen molar-refractivity contribution in [2.75, 3.05) is 0 Å². The third kappa shape index (κ3) is 5.78. The zero-order valence-corrected chi connectivity index (χ0v) is 33.0. The van der Waals surface area contributed by atoms with Gasteiger partial charge < -0.3 is 4.42 Å². The molecule has 8 aromatic carbocycles. The van der Waals surface area contributed by atoms with Crippen LogP contribution in [0.3, 0.4) is 0 Å². The third-order valence-electron chi connectivity index (χ3n) is 11.5. The number of thiophene rings is 1. The van der Waals surface area contributed by atoms with Gasteiger partial charge in [-0.2, -0.15) is 0 Å². The summed E-state index contributed by atoms with van der Waals surface area (Å²) in [5.41, 5.74) is 13.6. The van der Waals surface area contributed by atoms with Crippen LogP contribution in [-0.4, -0.2) is 15.0 Å². The summed E-state index contributed by atoms with van der Waals surface area (Å²) in [7, 11) is 0. The molecule has 60 heavy (non-hydrogen) atoms. The van der Waals surface area contributed by atoms with E-state index in [-0.39, 0.29) is 0 Å². The van der Waals surface area contributed by atoms with Crippen molar-refractivity contribution in [3.8, 4) is 67.4 Å². The van der Waals surface area contributed by atoms with E-state index in [0.29, 0.717) is 5.82 Å². The Kier molecular flexibility index (Phi) is 8.00. The maximum absolute atomic E-state index is 6.69. The van der Waals surface area contributed by atoms with Crippen LogP contribution in [0, 0.1) is 0 Å². The molecule has 12 rings (SSSR count). The molecule has 280 valence electrons. The van der Waals surface area contributed by atoms with Crippen molar-refractivity contribution >= 4 is 64.4 Å². The molecule has 0 aliphatic heterocycles. The highest BCUT2D eigenvalue weighted by molar-refractivity contribution is 7.26. The van der Waals surface area contributed by atoms with E-state index < -0.39 is 0 Å². The van der Waals surface area contributed by atoms with Crippen LogP contribution in [0.25, 0.3) is 120 Å². The van der Waals surface area contributed by atoms with Crippen LogP contribution in [0.5, 0.6) is 0 Å². The minimum Gasteiger partial charge on any atom is -0.454 e. The van der Waals surface area contributed by atoms with E-state index in [1.165, 1.54) is 31.3 Å². The highest BCUT2D eigenvalue weighted by Gasteiger charge is 2.20. The summed E-state index contributed by atoms with van der Waals surface area (Å²) in [5, 5.41) is 5.68. The number of hydrogen-bond acceptors (Lipinski definition) is 5. The molecule has 4 aromatic heterocycles. The van der Waals surface area contributed by atoms with Gasteiger partial charge in [-0.3, -0.25) is 0 Å². The van der Waals surface area contributed by atoms with Crippen LogP contribution < -0.4 is 0 Å². The molecule has 4 heterocycles. The fourth-order valence-corrected chi connectivity index (χ4v) is 9.80. The van der Waals surface area contributed by atoms with Gasteiger partial charge in [-0.15, -0.1) is 11.3 Å².